The SMILES string of the molecule is [C-]#[N+]/C(=C/c1cn(-c2ccc(Cl)cc2)nc1-c1ccc(OCC)cc1)C(=O)O. The highest BCUT2D eigenvalue weighted by molar-refractivity contribution is 6.30. The molecule has 0 bridgehead atoms. The number of rotatable bonds is 6. The van der Waals surface area contributed by atoms with Crippen LogP contribution in [0.5, 0.6) is 5.75 Å². The lowest BCUT2D eigenvalue weighted by atomic mass is 10.1. The van der Waals surface area contributed by atoms with Crippen LogP contribution in [0.2, 0.25) is 5.02 Å². The smallest absolute Gasteiger partial charge is 0.333 e. The number of benzene rings is 2. The second-order valence-corrected chi connectivity index (χ2v) is 6.19. The molecule has 1 heterocycles. The number of nitrogens with zero attached hydrogens (tertiary/aromatic N) is 3. The minimum absolute atomic E-state index is 0.386. The Kier molecular flexibility index (Phi) is 5.78. The van der Waals surface area contributed by atoms with E-state index in [9.17, 15) is 9.90 Å². The Morgan fingerprint density at radius 2 is 1.93 bits per heavy atom. The lowest BCUT2D eigenvalue weighted by molar-refractivity contribution is -0.132. The van der Waals surface area contributed by atoms with Crippen LogP contribution in [0.3, 0.4) is 0 Å². The monoisotopic (exact) mass is 393 g/mol. The van der Waals surface area contributed by atoms with E-state index in [0.29, 0.717) is 22.9 Å². The highest BCUT2D eigenvalue weighted by Gasteiger charge is 2.15. The first-order valence-corrected chi connectivity index (χ1v) is 8.81. The van der Waals surface area contributed by atoms with Gasteiger partial charge in [-0.2, -0.15) is 5.10 Å². The summed E-state index contributed by atoms with van der Waals surface area (Å²) < 4.78 is 7.08. The number of halogens is 1. The van der Waals surface area contributed by atoms with Crippen LogP contribution in [0.15, 0.2) is 60.4 Å². The van der Waals surface area contributed by atoms with Crippen molar-refractivity contribution in [1.29, 1.82) is 0 Å². The molecule has 140 valence electrons. The average molecular weight is 394 g/mol. The predicted octanol–water partition coefficient (Wildman–Crippen LogP) is 4.94. The van der Waals surface area contributed by atoms with Gasteiger partial charge >= 0.3 is 5.97 Å². The third-order valence-corrected chi connectivity index (χ3v) is 4.16. The number of aromatic nitrogens is 2. The van der Waals surface area contributed by atoms with Crippen molar-refractivity contribution in [2.45, 2.75) is 6.92 Å². The maximum absolute atomic E-state index is 11.3. The van der Waals surface area contributed by atoms with E-state index in [1.807, 2.05) is 31.2 Å². The Balaban J connectivity index is 2.11. The van der Waals surface area contributed by atoms with Crippen LogP contribution < -0.4 is 4.74 Å². The second-order valence-electron chi connectivity index (χ2n) is 5.76. The van der Waals surface area contributed by atoms with Gasteiger partial charge in [-0.25, -0.2) is 9.53 Å². The first-order valence-electron chi connectivity index (χ1n) is 8.43. The van der Waals surface area contributed by atoms with Gasteiger partial charge in [0.25, 0.3) is 5.70 Å². The highest BCUT2D eigenvalue weighted by atomic mass is 35.5. The molecule has 3 aromatic rings. The van der Waals surface area contributed by atoms with Crippen LogP contribution in [-0.4, -0.2) is 27.5 Å². The van der Waals surface area contributed by atoms with Crippen LogP contribution in [-0.2, 0) is 4.79 Å². The van der Waals surface area contributed by atoms with Gasteiger partial charge in [-0.3, -0.25) is 4.79 Å². The largest absolute Gasteiger partial charge is 0.494 e. The van der Waals surface area contributed by atoms with Crippen molar-refractivity contribution >= 4 is 23.6 Å². The minimum atomic E-state index is -1.29. The van der Waals surface area contributed by atoms with Crippen molar-refractivity contribution in [3.63, 3.8) is 0 Å². The molecule has 0 atom stereocenters. The first kappa shape index (κ1) is 19.2. The van der Waals surface area contributed by atoms with Crippen molar-refractivity contribution in [2.75, 3.05) is 6.61 Å². The van der Waals surface area contributed by atoms with Crippen molar-refractivity contribution in [3.05, 3.63) is 82.4 Å². The summed E-state index contributed by atoms with van der Waals surface area (Å²) in [5, 5.41) is 14.4. The van der Waals surface area contributed by atoms with E-state index in [2.05, 4.69) is 9.94 Å². The molecule has 7 heteroatoms. The Bertz CT molecular complexity index is 1060. The van der Waals surface area contributed by atoms with Gasteiger partial charge in [0.1, 0.15) is 5.75 Å². The molecular weight excluding hydrogens is 378 g/mol. The normalized spacial score (nSPS) is 11.1. The van der Waals surface area contributed by atoms with Crippen LogP contribution in [0.1, 0.15) is 12.5 Å². The maximum atomic E-state index is 11.3. The average Bonchev–Trinajstić information content (AvgIpc) is 3.11. The molecule has 3 rings (SSSR count). The van der Waals surface area contributed by atoms with Crippen LogP contribution in [0.25, 0.3) is 27.9 Å². The topological polar surface area (TPSA) is 68.7 Å². The van der Waals surface area contributed by atoms with Crippen molar-refractivity contribution in [3.8, 4) is 22.7 Å². The second kappa shape index (κ2) is 8.42. The van der Waals surface area contributed by atoms with Gasteiger partial charge in [0.15, 0.2) is 0 Å². The summed E-state index contributed by atoms with van der Waals surface area (Å²) in [6.45, 7) is 9.57. The number of hydrogen-bond donors (Lipinski definition) is 1. The highest BCUT2D eigenvalue weighted by Crippen LogP contribution is 2.28. The summed E-state index contributed by atoms with van der Waals surface area (Å²) >= 11 is 5.94. The van der Waals surface area contributed by atoms with E-state index in [1.54, 1.807) is 35.1 Å². The van der Waals surface area contributed by atoms with E-state index in [-0.39, 0.29) is 5.70 Å². The summed E-state index contributed by atoms with van der Waals surface area (Å²) in [5.74, 6) is -0.556. The molecule has 2 aromatic carbocycles. The number of carbonyl (C=O) groups is 1. The molecule has 0 fully saturated rings. The van der Waals surface area contributed by atoms with E-state index >= 15 is 0 Å². The van der Waals surface area contributed by atoms with E-state index < -0.39 is 5.97 Å². The third-order valence-electron chi connectivity index (χ3n) is 3.90. The molecule has 0 unspecified atom stereocenters. The third kappa shape index (κ3) is 4.22. The molecule has 0 aliphatic carbocycles. The van der Waals surface area contributed by atoms with E-state index in [4.69, 9.17) is 22.9 Å². The fourth-order valence-electron chi connectivity index (χ4n) is 2.61. The molecule has 1 N–H and O–H groups in total. The maximum Gasteiger partial charge on any atom is 0.333 e. The fraction of sp³-hybridized carbons (Fsp3) is 0.0952. The molecule has 0 spiro atoms. The van der Waals surface area contributed by atoms with Gasteiger partial charge in [-0.05, 0) is 61.5 Å². The van der Waals surface area contributed by atoms with Gasteiger partial charge in [-0.1, -0.05) is 11.6 Å². The molecule has 6 nitrogen and oxygen atoms in total. The van der Waals surface area contributed by atoms with Crippen molar-refractivity contribution in [2.24, 2.45) is 0 Å². The minimum Gasteiger partial charge on any atom is -0.494 e. The molecule has 0 saturated carbocycles. The molecule has 0 aliphatic rings. The number of carboxylic acids is 1. The zero-order valence-electron chi connectivity index (χ0n) is 15.0. The molecule has 0 aliphatic heterocycles. The van der Waals surface area contributed by atoms with E-state index in [1.165, 1.54) is 6.08 Å². The quantitative estimate of drug-likeness (QED) is 0.476. The number of ether oxygens (including phenoxy) is 1. The van der Waals surface area contributed by atoms with Crippen LogP contribution in [0, 0.1) is 6.57 Å². The first-order chi connectivity index (χ1) is 13.5. The molecule has 0 saturated heterocycles. The molecule has 0 radical (unpaired) electrons. The lowest BCUT2D eigenvalue weighted by Gasteiger charge is -2.04. The van der Waals surface area contributed by atoms with Gasteiger partial charge in [0.2, 0.25) is 0 Å². The predicted molar refractivity (Wildman–Crippen MR) is 107 cm³/mol. The lowest BCUT2D eigenvalue weighted by Crippen LogP contribution is -1.95. The van der Waals surface area contributed by atoms with Gasteiger partial charge in [0.05, 0.1) is 24.6 Å². The summed E-state index contributed by atoms with van der Waals surface area (Å²) in [7, 11) is 0. The zero-order valence-corrected chi connectivity index (χ0v) is 15.7. The summed E-state index contributed by atoms with van der Waals surface area (Å²) in [5.41, 5.74) is 2.23. The molecular formula is C21H16ClN3O3. The number of carboxylic acid groups (broad SMARTS) is 1. The fourth-order valence-corrected chi connectivity index (χ4v) is 2.73. The molecule has 0 amide bonds. The standard InChI is InChI=1S/C21H16ClN3O3/c1-3-28-18-10-4-14(5-11-18)20-15(12-19(23-2)21(26)27)13-25(24-20)17-8-6-16(22)7-9-17/h4-13H,3H2,1H3,(H,26,27)/b19-12+. The van der Waals surface area contributed by atoms with Crippen molar-refractivity contribution in [1.82, 2.24) is 9.78 Å². The van der Waals surface area contributed by atoms with Crippen LogP contribution >= 0.6 is 11.6 Å². The zero-order chi connectivity index (χ0) is 20.1. The Labute approximate surface area is 167 Å². The summed E-state index contributed by atoms with van der Waals surface area (Å²) in [6.07, 6.45) is 3.00. The summed E-state index contributed by atoms with van der Waals surface area (Å²) in [6, 6.07) is 14.4. The van der Waals surface area contributed by atoms with Crippen LogP contribution in [0.4, 0.5) is 0 Å². The Hall–Kier alpha value is -3.56. The Morgan fingerprint density at radius 3 is 2.50 bits per heavy atom. The Morgan fingerprint density at radius 1 is 1.25 bits per heavy atom. The van der Waals surface area contributed by atoms with E-state index in [0.717, 1.165) is 17.0 Å². The number of aliphatic carboxylic acids is 1. The van der Waals surface area contributed by atoms with Crippen molar-refractivity contribution < 1.29 is 14.6 Å². The van der Waals surface area contributed by atoms with Gasteiger partial charge < -0.3 is 9.84 Å². The molecule has 1 aromatic heterocycles. The van der Waals surface area contributed by atoms with Gasteiger partial charge in [-0.15, -0.1) is 0 Å². The van der Waals surface area contributed by atoms with Gasteiger partial charge in [0, 0.05) is 22.3 Å². The summed E-state index contributed by atoms with van der Waals surface area (Å²) in [4.78, 5) is 14.4. The molecule has 28 heavy (non-hydrogen) atoms. The number of hydrogen-bond acceptors (Lipinski definition) is 3.